The topological polar surface area (TPSA) is 137 Å². The molecule has 0 bridgehead atoms. The maximum absolute atomic E-state index is 12.2. The predicted molar refractivity (Wildman–Crippen MR) is 125 cm³/mol. The van der Waals surface area contributed by atoms with Crippen molar-refractivity contribution >= 4 is 35.2 Å². The maximum Gasteiger partial charge on any atom is 0.246 e. The number of amides is 5. The minimum atomic E-state index is -0.800. The van der Waals surface area contributed by atoms with Crippen molar-refractivity contribution in [3.05, 3.63) is 29.8 Å². The normalized spacial score (nSPS) is 13.6. The summed E-state index contributed by atoms with van der Waals surface area (Å²) in [5.41, 5.74) is 1.69. The number of imide groups is 1. The number of nitrogens with zero attached hydrogens (tertiary/aromatic N) is 1. The fourth-order valence-corrected chi connectivity index (χ4v) is 2.87. The first kappa shape index (κ1) is 27.8. The minimum Gasteiger partial charge on any atom is -0.347 e. The SMILES string of the molecule is CCC.CNCc1ccc(NC(=O)C(C)NC(=O)CNC(=O)CCN2C(=O)CCC2=O)cc1. The lowest BCUT2D eigenvalue weighted by molar-refractivity contribution is -0.138. The van der Waals surface area contributed by atoms with Crippen LogP contribution in [0.5, 0.6) is 0 Å². The molecule has 10 heteroatoms. The molecule has 1 saturated heterocycles. The fourth-order valence-electron chi connectivity index (χ4n) is 2.87. The Morgan fingerprint density at radius 3 is 2.12 bits per heavy atom. The molecule has 1 unspecified atom stereocenters. The van der Waals surface area contributed by atoms with Crippen molar-refractivity contribution < 1.29 is 24.0 Å². The predicted octanol–water partition coefficient (Wildman–Crippen LogP) is 0.921. The van der Waals surface area contributed by atoms with Crippen LogP contribution in [0.4, 0.5) is 5.69 Å². The van der Waals surface area contributed by atoms with Crippen molar-refractivity contribution in [2.75, 3.05) is 25.5 Å². The highest BCUT2D eigenvalue weighted by atomic mass is 16.2. The number of nitrogens with one attached hydrogen (secondary N) is 4. The van der Waals surface area contributed by atoms with Gasteiger partial charge in [-0.25, -0.2) is 0 Å². The van der Waals surface area contributed by atoms with Gasteiger partial charge < -0.3 is 21.3 Å². The molecule has 1 aromatic rings. The van der Waals surface area contributed by atoms with E-state index in [1.807, 2.05) is 19.2 Å². The summed E-state index contributed by atoms with van der Waals surface area (Å²) in [6.45, 7) is 6.19. The summed E-state index contributed by atoms with van der Waals surface area (Å²) < 4.78 is 0. The van der Waals surface area contributed by atoms with E-state index < -0.39 is 17.9 Å². The van der Waals surface area contributed by atoms with Gasteiger partial charge in [-0.3, -0.25) is 28.9 Å². The van der Waals surface area contributed by atoms with Gasteiger partial charge in [-0.05, 0) is 31.7 Å². The number of likely N-dealkylation sites (tertiary alicyclic amines) is 1. The number of hydrogen-bond acceptors (Lipinski definition) is 6. The third-order valence-electron chi connectivity index (χ3n) is 4.54. The van der Waals surface area contributed by atoms with Gasteiger partial charge in [0.05, 0.1) is 6.54 Å². The maximum atomic E-state index is 12.2. The average Bonchev–Trinajstić information content (AvgIpc) is 3.10. The molecule has 1 aliphatic heterocycles. The standard InChI is InChI=1S/C20H27N5O5.C3H8/c1-13(20(30)24-15-5-3-14(4-6-15)11-21-2)23-17(27)12-22-16(26)9-10-25-18(28)7-8-19(25)29;1-3-2/h3-6,13,21H,7-12H2,1-2H3,(H,22,26)(H,23,27)(H,24,30);3H2,1-2H3. The molecule has 1 heterocycles. The highest BCUT2D eigenvalue weighted by molar-refractivity contribution is 6.02. The van der Waals surface area contributed by atoms with Crippen molar-refractivity contribution in [2.45, 2.75) is 59.0 Å². The molecule has 182 valence electrons. The molecule has 0 aromatic heterocycles. The summed E-state index contributed by atoms with van der Waals surface area (Å²) in [5.74, 6) is -1.95. The van der Waals surface area contributed by atoms with Crippen molar-refractivity contribution in [2.24, 2.45) is 0 Å². The second kappa shape index (κ2) is 14.7. The Labute approximate surface area is 194 Å². The summed E-state index contributed by atoms with van der Waals surface area (Å²) in [7, 11) is 1.85. The van der Waals surface area contributed by atoms with Crippen LogP contribution in [-0.4, -0.2) is 60.6 Å². The molecule has 10 nitrogen and oxygen atoms in total. The van der Waals surface area contributed by atoms with Gasteiger partial charge >= 0.3 is 0 Å². The molecule has 0 saturated carbocycles. The molecule has 1 aliphatic rings. The van der Waals surface area contributed by atoms with Crippen LogP contribution in [0.1, 0.15) is 52.0 Å². The summed E-state index contributed by atoms with van der Waals surface area (Å²) in [5, 5.41) is 10.7. The van der Waals surface area contributed by atoms with E-state index in [0.29, 0.717) is 5.69 Å². The van der Waals surface area contributed by atoms with Crippen LogP contribution in [0.3, 0.4) is 0 Å². The summed E-state index contributed by atoms with van der Waals surface area (Å²) in [4.78, 5) is 60.0. The summed E-state index contributed by atoms with van der Waals surface area (Å²) in [6.07, 6.45) is 1.51. The van der Waals surface area contributed by atoms with E-state index in [0.717, 1.165) is 17.0 Å². The van der Waals surface area contributed by atoms with E-state index in [2.05, 4.69) is 35.1 Å². The molecular weight excluding hydrogens is 426 g/mol. The summed E-state index contributed by atoms with van der Waals surface area (Å²) >= 11 is 0. The van der Waals surface area contributed by atoms with Gasteiger partial charge in [-0.2, -0.15) is 0 Å². The molecule has 0 spiro atoms. The molecule has 5 amide bonds. The minimum absolute atomic E-state index is 0.00294. The zero-order valence-corrected chi connectivity index (χ0v) is 19.8. The van der Waals surface area contributed by atoms with E-state index >= 15 is 0 Å². The molecule has 2 rings (SSSR count). The third-order valence-corrected chi connectivity index (χ3v) is 4.54. The largest absolute Gasteiger partial charge is 0.347 e. The van der Waals surface area contributed by atoms with Gasteiger partial charge in [0.2, 0.25) is 29.5 Å². The van der Waals surface area contributed by atoms with Gasteiger partial charge in [0.25, 0.3) is 0 Å². The zero-order valence-electron chi connectivity index (χ0n) is 19.8. The number of hydrogen-bond donors (Lipinski definition) is 4. The Bertz CT molecular complexity index is 809. The van der Waals surface area contributed by atoms with Crippen LogP contribution in [0.15, 0.2) is 24.3 Å². The first-order valence-electron chi connectivity index (χ1n) is 11.1. The van der Waals surface area contributed by atoms with E-state index in [4.69, 9.17) is 0 Å². The molecule has 4 N–H and O–H groups in total. The van der Waals surface area contributed by atoms with E-state index in [1.54, 1.807) is 12.1 Å². The van der Waals surface area contributed by atoms with Gasteiger partial charge in [-0.1, -0.05) is 32.4 Å². The van der Waals surface area contributed by atoms with E-state index in [1.165, 1.54) is 13.3 Å². The molecular formula is C23H35N5O5. The molecule has 0 aliphatic carbocycles. The van der Waals surface area contributed by atoms with Gasteiger partial charge in [-0.15, -0.1) is 0 Å². The lowest BCUT2D eigenvalue weighted by Gasteiger charge is -2.15. The first-order valence-corrected chi connectivity index (χ1v) is 11.1. The Morgan fingerprint density at radius 2 is 1.58 bits per heavy atom. The molecule has 33 heavy (non-hydrogen) atoms. The highest BCUT2D eigenvalue weighted by Gasteiger charge is 2.28. The van der Waals surface area contributed by atoms with Crippen molar-refractivity contribution in [3.63, 3.8) is 0 Å². The van der Waals surface area contributed by atoms with Crippen LogP contribution >= 0.6 is 0 Å². The van der Waals surface area contributed by atoms with Crippen LogP contribution in [0, 0.1) is 0 Å². The zero-order chi connectivity index (χ0) is 24.8. The number of benzene rings is 1. The molecule has 1 aromatic carbocycles. The highest BCUT2D eigenvalue weighted by Crippen LogP contribution is 2.12. The van der Waals surface area contributed by atoms with Crippen LogP contribution in [0.2, 0.25) is 0 Å². The quantitative estimate of drug-likeness (QED) is 0.383. The van der Waals surface area contributed by atoms with E-state index in [-0.39, 0.29) is 50.1 Å². The number of carbonyl (C=O) groups excluding carboxylic acids is 5. The second-order valence-corrected chi connectivity index (χ2v) is 7.68. The van der Waals surface area contributed by atoms with Crippen molar-refractivity contribution in [3.8, 4) is 0 Å². The van der Waals surface area contributed by atoms with Gasteiger partial charge in [0.15, 0.2) is 0 Å². The van der Waals surface area contributed by atoms with Crippen LogP contribution < -0.4 is 21.3 Å². The average molecular weight is 462 g/mol. The number of anilines is 1. The second-order valence-electron chi connectivity index (χ2n) is 7.68. The fraction of sp³-hybridized carbons (Fsp3) is 0.522. The first-order chi connectivity index (χ1) is 15.7. The van der Waals surface area contributed by atoms with Crippen LogP contribution in [-0.2, 0) is 30.5 Å². The van der Waals surface area contributed by atoms with Crippen LogP contribution in [0.25, 0.3) is 0 Å². The Kier molecular flexibility index (Phi) is 12.4. The van der Waals surface area contributed by atoms with Crippen molar-refractivity contribution in [1.82, 2.24) is 20.9 Å². The Morgan fingerprint density at radius 1 is 1.00 bits per heavy atom. The Hall–Kier alpha value is -3.27. The lowest BCUT2D eigenvalue weighted by Crippen LogP contribution is -2.46. The summed E-state index contributed by atoms with van der Waals surface area (Å²) in [6, 6.07) is 6.51. The molecule has 0 radical (unpaired) electrons. The smallest absolute Gasteiger partial charge is 0.246 e. The van der Waals surface area contributed by atoms with Gasteiger partial charge in [0, 0.05) is 38.0 Å². The molecule has 1 atom stereocenters. The monoisotopic (exact) mass is 461 g/mol. The third kappa shape index (κ3) is 10.3. The lowest BCUT2D eigenvalue weighted by atomic mass is 10.2. The van der Waals surface area contributed by atoms with Crippen molar-refractivity contribution in [1.29, 1.82) is 0 Å². The Balaban J connectivity index is 0.00000172. The number of rotatable bonds is 10. The molecule has 1 fully saturated rings. The number of carbonyl (C=O) groups is 5. The van der Waals surface area contributed by atoms with E-state index in [9.17, 15) is 24.0 Å². The van der Waals surface area contributed by atoms with Gasteiger partial charge in [0.1, 0.15) is 6.04 Å².